The number of pyridine rings is 1. The van der Waals surface area contributed by atoms with E-state index in [0.29, 0.717) is 5.56 Å². The number of halogens is 1. The normalized spacial score (nSPS) is 10.4. The minimum absolute atomic E-state index is 0.270. The van der Waals surface area contributed by atoms with E-state index < -0.39 is 0 Å². The van der Waals surface area contributed by atoms with Crippen LogP contribution in [-0.2, 0) is 0 Å². The van der Waals surface area contributed by atoms with Crippen LogP contribution in [0.15, 0.2) is 46.3 Å². The van der Waals surface area contributed by atoms with Gasteiger partial charge in [0.2, 0.25) is 0 Å². The van der Waals surface area contributed by atoms with Crippen LogP contribution in [0, 0.1) is 18.3 Å². The van der Waals surface area contributed by atoms with Crippen LogP contribution in [0.25, 0.3) is 21.7 Å². The van der Waals surface area contributed by atoms with Crippen molar-refractivity contribution in [3.05, 3.63) is 57.4 Å². The molecule has 0 saturated carbocycles. The minimum Gasteiger partial charge on any atom is -0.383 e. The molecule has 0 bridgehead atoms. The highest BCUT2D eigenvalue weighted by Gasteiger charge is 2.19. The molecule has 0 spiro atoms. The Kier molecular flexibility index (Phi) is 3.97. The molecule has 0 aliphatic heterocycles. The fraction of sp³-hybridized carbons (Fsp3) is 0.0588. The number of anilines is 1. The van der Waals surface area contributed by atoms with Gasteiger partial charge in [-0.15, -0.1) is 11.3 Å². The van der Waals surface area contributed by atoms with Crippen molar-refractivity contribution in [1.82, 2.24) is 4.98 Å². The molecule has 0 aliphatic rings. The first-order chi connectivity index (χ1) is 10.6. The quantitative estimate of drug-likeness (QED) is 0.690. The Morgan fingerprint density at radius 1 is 1.18 bits per heavy atom. The number of hydrogen-bond acceptors (Lipinski definition) is 4. The Morgan fingerprint density at radius 2 is 1.91 bits per heavy atom. The molecule has 0 saturated heterocycles. The zero-order valence-electron chi connectivity index (χ0n) is 11.8. The molecule has 0 atom stereocenters. The zero-order valence-corrected chi connectivity index (χ0v) is 14.2. The Labute approximate surface area is 141 Å². The zero-order chi connectivity index (χ0) is 15.7. The van der Waals surface area contributed by atoms with Gasteiger partial charge in [-0.2, -0.15) is 5.26 Å². The van der Waals surface area contributed by atoms with Gasteiger partial charge in [0.05, 0.1) is 9.48 Å². The van der Waals surface area contributed by atoms with E-state index in [-0.39, 0.29) is 5.82 Å². The third kappa shape index (κ3) is 2.52. The van der Waals surface area contributed by atoms with E-state index in [1.54, 1.807) is 11.3 Å². The molecule has 3 nitrogen and oxygen atoms in total. The first-order valence-electron chi connectivity index (χ1n) is 6.63. The fourth-order valence-corrected chi connectivity index (χ4v) is 3.94. The molecule has 2 heterocycles. The molecule has 0 fully saturated rings. The molecular formula is C17H12BrN3S. The van der Waals surface area contributed by atoms with Crippen LogP contribution in [0.3, 0.4) is 0 Å². The number of hydrogen-bond donors (Lipinski definition) is 1. The molecule has 0 aliphatic carbocycles. The number of benzene rings is 1. The highest BCUT2D eigenvalue weighted by atomic mass is 79.9. The largest absolute Gasteiger partial charge is 0.383 e. The van der Waals surface area contributed by atoms with E-state index in [1.165, 1.54) is 0 Å². The molecule has 0 amide bonds. The summed E-state index contributed by atoms with van der Waals surface area (Å²) < 4.78 is 1.02. The molecule has 2 aromatic heterocycles. The van der Waals surface area contributed by atoms with Gasteiger partial charge in [-0.1, -0.05) is 30.3 Å². The molecule has 5 heteroatoms. The monoisotopic (exact) mass is 369 g/mol. The van der Waals surface area contributed by atoms with Crippen molar-refractivity contribution in [2.75, 3.05) is 5.73 Å². The van der Waals surface area contributed by atoms with Gasteiger partial charge in [-0.25, -0.2) is 4.98 Å². The smallest absolute Gasteiger partial charge is 0.142 e. The van der Waals surface area contributed by atoms with E-state index in [4.69, 9.17) is 5.73 Å². The topological polar surface area (TPSA) is 62.7 Å². The first-order valence-corrected chi connectivity index (χ1v) is 8.24. The number of aromatic nitrogens is 1. The van der Waals surface area contributed by atoms with E-state index in [1.807, 2.05) is 49.4 Å². The summed E-state index contributed by atoms with van der Waals surface area (Å²) in [5.74, 6) is 0.270. The number of thiophene rings is 1. The lowest BCUT2D eigenvalue weighted by atomic mass is 9.97. The molecule has 2 N–H and O–H groups in total. The molecule has 1 aromatic carbocycles. The van der Waals surface area contributed by atoms with E-state index >= 15 is 0 Å². The Balaban J connectivity index is 2.33. The maximum absolute atomic E-state index is 9.48. The lowest BCUT2D eigenvalue weighted by molar-refractivity contribution is 1.26. The summed E-state index contributed by atoms with van der Waals surface area (Å²) in [6, 6.07) is 16.0. The minimum atomic E-state index is 0.270. The predicted octanol–water partition coefficient (Wildman–Crippen LogP) is 5.00. The summed E-state index contributed by atoms with van der Waals surface area (Å²) in [4.78, 5) is 5.46. The van der Waals surface area contributed by atoms with E-state index in [9.17, 15) is 5.26 Å². The first kappa shape index (κ1) is 14.8. The van der Waals surface area contributed by atoms with Crippen molar-refractivity contribution < 1.29 is 0 Å². The summed E-state index contributed by atoms with van der Waals surface area (Å²) in [5, 5.41) is 9.48. The third-order valence-corrected chi connectivity index (χ3v) is 5.09. The van der Waals surface area contributed by atoms with Crippen molar-refractivity contribution in [1.29, 1.82) is 5.26 Å². The summed E-state index contributed by atoms with van der Waals surface area (Å²) in [6.07, 6.45) is 0. The van der Waals surface area contributed by atoms with Crippen molar-refractivity contribution in [3.8, 4) is 27.8 Å². The summed E-state index contributed by atoms with van der Waals surface area (Å²) in [6.45, 7) is 1.98. The molecule has 22 heavy (non-hydrogen) atoms. The van der Waals surface area contributed by atoms with Gasteiger partial charge in [-0.05, 0) is 40.5 Å². The van der Waals surface area contributed by atoms with Gasteiger partial charge >= 0.3 is 0 Å². The molecule has 0 unspecified atom stereocenters. The van der Waals surface area contributed by atoms with Gasteiger partial charge in [-0.3, -0.25) is 0 Å². The highest BCUT2D eigenvalue weighted by Crippen LogP contribution is 2.39. The number of nitriles is 1. The predicted molar refractivity (Wildman–Crippen MR) is 94.6 cm³/mol. The standard InChI is InChI=1S/C17H12BrN3S/c1-10-15(13-7-8-14(18)22-13)12(9-19)17(20)21-16(10)11-5-3-2-4-6-11/h2-8H,1H3,(H2,20,21). The van der Waals surface area contributed by atoms with Crippen molar-refractivity contribution in [3.63, 3.8) is 0 Å². The lowest BCUT2D eigenvalue weighted by Crippen LogP contribution is -2.02. The highest BCUT2D eigenvalue weighted by molar-refractivity contribution is 9.11. The lowest BCUT2D eigenvalue weighted by Gasteiger charge is -2.13. The Bertz CT molecular complexity index is 879. The van der Waals surface area contributed by atoms with Crippen molar-refractivity contribution >= 4 is 33.1 Å². The van der Waals surface area contributed by atoms with Crippen LogP contribution in [0.4, 0.5) is 5.82 Å². The second-order valence-corrected chi connectivity index (χ2v) is 7.27. The third-order valence-electron chi connectivity index (χ3n) is 3.45. The summed E-state index contributed by atoms with van der Waals surface area (Å²) in [7, 11) is 0. The average molecular weight is 370 g/mol. The Morgan fingerprint density at radius 3 is 2.50 bits per heavy atom. The number of rotatable bonds is 2. The van der Waals surface area contributed by atoms with Crippen LogP contribution >= 0.6 is 27.3 Å². The van der Waals surface area contributed by atoms with Gasteiger partial charge in [0.15, 0.2) is 0 Å². The SMILES string of the molecule is Cc1c(-c2ccccc2)nc(N)c(C#N)c1-c1ccc(Br)s1. The van der Waals surface area contributed by atoms with Gasteiger partial charge < -0.3 is 5.73 Å². The van der Waals surface area contributed by atoms with Crippen LogP contribution in [0.2, 0.25) is 0 Å². The van der Waals surface area contributed by atoms with Crippen molar-refractivity contribution in [2.24, 2.45) is 0 Å². The number of nitrogens with two attached hydrogens (primary N) is 1. The molecular weight excluding hydrogens is 358 g/mol. The van der Waals surface area contributed by atoms with E-state index in [0.717, 1.165) is 31.0 Å². The molecule has 0 radical (unpaired) electrons. The van der Waals surface area contributed by atoms with Crippen LogP contribution in [-0.4, -0.2) is 4.98 Å². The van der Waals surface area contributed by atoms with Crippen LogP contribution in [0.5, 0.6) is 0 Å². The average Bonchev–Trinajstić information content (AvgIpc) is 2.95. The van der Waals surface area contributed by atoms with Crippen molar-refractivity contribution in [2.45, 2.75) is 6.92 Å². The Hall–Kier alpha value is -2.16. The number of nitrogens with zero attached hydrogens (tertiary/aromatic N) is 2. The summed E-state index contributed by atoms with van der Waals surface area (Å²) >= 11 is 5.05. The van der Waals surface area contributed by atoms with Crippen LogP contribution in [0.1, 0.15) is 11.1 Å². The van der Waals surface area contributed by atoms with Gasteiger partial charge in [0, 0.05) is 16.0 Å². The second kappa shape index (κ2) is 5.91. The molecule has 108 valence electrons. The fourth-order valence-electron chi connectivity index (χ4n) is 2.44. The molecule has 3 rings (SSSR count). The number of nitrogen functional groups attached to an aromatic ring is 1. The second-order valence-electron chi connectivity index (χ2n) is 4.80. The summed E-state index contributed by atoms with van der Waals surface area (Å²) in [5.41, 5.74) is 10.1. The maximum atomic E-state index is 9.48. The maximum Gasteiger partial charge on any atom is 0.142 e. The van der Waals surface area contributed by atoms with Gasteiger partial charge in [0.1, 0.15) is 17.5 Å². The molecule has 3 aromatic rings. The van der Waals surface area contributed by atoms with E-state index in [2.05, 4.69) is 27.0 Å². The van der Waals surface area contributed by atoms with Gasteiger partial charge in [0.25, 0.3) is 0 Å². The van der Waals surface area contributed by atoms with Crippen LogP contribution < -0.4 is 5.73 Å².